The summed E-state index contributed by atoms with van der Waals surface area (Å²) in [7, 11) is -1.53. The summed E-state index contributed by atoms with van der Waals surface area (Å²) in [6.07, 6.45) is -0.191. The molecule has 2 aliphatic heterocycles. The summed E-state index contributed by atoms with van der Waals surface area (Å²) in [5, 5.41) is 11.8. The van der Waals surface area contributed by atoms with Gasteiger partial charge in [0.1, 0.15) is 0 Å². The number of carbonyl (C=O) groups excluding carboxylic acids is 1. The number of nitrogens with one attached hydrogen (secondary N) is 1. The average Bonchev–Trinajstić information content (AvgIpc) is 3.29. The highest BCUT2D eigenvalue weighted by Crippen LogP contribution is 2.27. The lowest BCUT2D eigenvalue weighted by molar-refractivity contribution is -0.192. The Morgan fingerprint density at radius 1 is 1.31 bits per heavy atom. The molecule has 0 spiro atoms. The molecule has 0 aromatic carbocycles. The van der Waals surface area contributed by atoms with Gasteiger partial charge in [-0.15, -0.1) is 0 Å². The van der Waals surface area contributed by atoms with Gasteiger partial charge >= 0.3 is 12.1 Å². The standard InChI is InChI=1S/C14H13N5O2S.C2HF3O2/c20-13-5-14(22(21)17-13)19-12-9-18(7-10(12)6-16-19)8-11-3-1-2-4-15-11;3-2(4,5)1(6)7/h1-6H,7-9H2,(H,17,20);(H,6,7). The minimum Gasteiger partial charge on any atom is -0.475 e. The number of hydrogen-bond acceptors (Lipinski definition) is 6. The second-order valence-corrected chi connectivity index (χ2v) is 7.17. The lowest BCUT2D eigenvalue weighted by Gasteiger charge is -2.14. The van der Waals surface area contributed by atoms with Crippen LogP contribution in [0.4, 0.5) is 13.2 Å². The molecule has 2 aromatic rings. The van der Waals surface area contributed by atoms with Gasteiger partial charge in [0.15, 0.2) is 16.0 Å². The van der Waals surface area contributed by atoms with Crippen LogP contribution < -0.4 is 4.72 Å². The number of carboxylic acid groups (broad SMARTS) is 1. The highest BCUT2D eigenvalue weighted by atomic mass is 32.2. The molecule has 4 rings (SSSR count). The summed E-state index contributed by atoms with van der Waals surface area (Å²) in [6, 6.07) is 5.86. The van der Waals surface area contributed by atoms with E-state index in [2.05, 4.69) is 19.7 Å². The monoisotopic (exact) mass is 429 g/mol. The van der Waals surface area contributed by atoms with E-state index in [1.807, 2.05) is 18.2 Å². The number of pyridine rings is 1. The van der Waals surface area contributed by atoms with Crippen LogP contribution in [-0.2, 0) is 40.2 Å². The Labute approximate surface area is 164 Å². The second kappa shape index (κ2) is 8.13. The van der Waals surface area contributed by atoms with Crippen molar-refractivity contribution in [2.24, 2.45) is 0 Å². The number of hydrogen-bond donors (Lipinski definition) is 2. The fraction of sp³-hybridized carbons (Fsp3) is 0.250. The van der Waals surface area contributed by atoms with Gasteiger partial charge in [0, 0.05) is 37.5 Å². The van der Waals surface area contributed by atoms with E-state index in [1.54, 1.807) is 17.1 Å². The highest BCUT2D eigenvalue weighted by molar-refractivity contribution is 7.93. The van der Waals surface area contributed by atoms with Crippen molar-refractivity contribution in [3.05, 3.63) is 53.6 Å². The van der Waals surface area contributed by atoms with Crippen LogP contribution in [0.3, 0.4) is 0 Å². The van der Waals surface area contributed by atoms with Crippen LogP contribution >= 0.6 is 0 Å². The minimum absolute atomic E-state index is 0.346. The van der Waals surface area contributed by atoms with Crippen LogP contribution in [0.25, 0.3) is 5.03 Å². The highest BCUT2D eigenvalue weighted by Gasteiger charge is 2.38. The molecule has 2 N–H and O–H groups in total. The number of rotatable bonds is 3. The van der Waals surface area contributed by atoms with Crippen molar-refractivity contribution in [2.45, 2.75) is 25.8 Å². The average molecular weight is 429 g/mol. The fourth-order valence-corrected chi connectivity index (χ4v) is 3.59. The summed E-state index contributed by atoms with van der Waals surface area (Å²) in [5.41, 5.74) is 3.08. The Morgan fingerprint density at radius 3 is 2.59 bits per heavy atom. The van der Waals surface area contributed by atoms with Crippen LogP contribution in [0.5, 0.6) is 0 Å². The fourth-order valence-electron chi connectivity index (χ4n) is 2.72. The zero-order valence-corrected chi connectivity index (χ0v) is 15.4. The third kappa shape index (κ3) is 4.86. The summed E-state index contributed by atoms with van der Waals surface area (Å²) in [4.78, 5) is 26.8. The number of carbonyl (C=O) groups is 2. The Hall–Kier alpha value is -3.06. The second-order valence-electron chi connectivity index (χ2n) is 6.02. The molecule has 0 bridgehead atoms. The summed E-state index contributed by atoms with van der Waals surface area (Å²) in [5.74, 6) is -3.10. The van der Waals surface area contributed by atoms with E-state index in [0.29, 0.717) is 11.6 Å². The number of alkyl halides is 3. The molecule has 0 radical (unpaired) electrons. The summed E-state index contributed by atoms with van der Waals surface area (Å²) in [6.45, 7) is 2.21. The van der Waals surface area contributed by atoms with Crippen molar-refractivity contribution in [2.75, 3.05) is 0 Å². The SMILES string of the molecule is O=C(O)C(F)(F)F.O=C1C=C(n2ncc3c2CN(Cc2ccccn2)C3)S(=O)N1. The first-order valence-electron chi connectivity index (χ1n) is 8.07. The van der Waals surface area contributed by atoms with E-state index in [4.69, 9.17) is 9.90 Å². The first-order valence-corrected chi connectivity index (χ1v) is 9.22. The van der Waals surface area contributed by atoms with Gasteiger partial charge in [-0.1, -0.05) is 6.07 Å². The van der Waals surface area contributed by atoms with Gasteiger partial charge in [0.05, 0.1) is 17.6 Å². The van der Waals surface area contributed by atoms with Crippen LogP contribution in [0.2, 0.25) is 0 Å². The maximum absolute atomic E-state index is 11.9. The van der Waals surface area contributed by atoms with Gasteiger partial charge in [-0.05, 0) is 12.1 Å². The molecule has 4 heterocycles. The molecule has 13 heteroatoms. The van der Waals surface area contributed by atoms with Gasteiger partial charge in [0.25, 0.3) is 5.91 Å². The quantitative estimate of drug-likeness (QED) is 0.748. The number of amides is 1. The van der Waals surface area contributed by atoms with Gasteiger partial charge in [-0.3, -0.25) is 19.4 Å². The van der Waals surface area contributed by atoms with E-state index >= 15 is 0 Å². The molecule has 154 valence electrons. The van der Waals surface area contributed by atoms with Crippen molar-refractivity contribution in [3.63, 3.8) is 0 Å². The number of aliphatic carboxylic acids is 1. The van der Waals surface area contributed by atoms with Gasteiger partial charge in [-0.25, -0.2) is 13.7 Å². The van der Waals surface area contributed by atoms with Crippen LogP contribution in [0.15, 0.2) is 36.7 Å². The van der Waals surface area contributed by atoms with Crippen molar-refractivity contribution in [1.82, 2.24) is 24.4 Å². The molecule has 0 fully saturated rings. The number of carboxylic acids is 1. The summed E-state index contributed by atoms with van der Waals surface area (Å²) < 4.78 is 47.6. The van der Waals surface area contributed by atoms with Crippen LogP contribution in [0.1, 0.15) is 17.0 Å². The zero-order chi connectivity index (χ0) is 21.2. The van der Waals surface area contributed by atoms with E-state index in [-0.39, 0.29) is 5.91 Å². The van der Waals surface area contributed by atoms with Crippen molar-refractivity contribution in [1.29, 1.82) is 0 Å². The van der Waals surface area contributed by atoms with Crippen molar-refractivity contribution >= 4 is 27.9 Å². The van der Waals surface area contributed by atoms with Crippen LogP contribution in [0, 0.1) is 0 Å². The maximum atomic E-state index is 11.9. The molecule has 29 heavy (non-hydrogen) atoms. The first-order chi connectivity index (χ1) is 13.6. The molecule has 0 aliphatic carbocycles. The molecule has 1 amide bonds. The number of fused-ring (bicyclic) bond motifs is 1. The largest absolute Gasteiger partial charge is 0.490 e. The summed E-state index contributed by atoms with van der Waals surface area (Å²) >= 11 is 0. The molecular formula is C16H14F3N5O4S. The Bertz CT molecular complexity index is 990. The molecule has 0 saturated heterocycles. The smallest absolute Gasteiger partial charge is 0.475 e. The van der Waals surface area contributed by atoms with Crippen molar-refractivity contribution in [3.8, 4) is 0 Å². The molecule has 9 nitrogen and oxygen atoms in total. The number of halogens is 3. The maximum Gasteiger partial charge on any atom is 0.490 e. The van der Waals surface area contributed by atoms with Crippen molar-refractivity contribution < 1.29 is 32.1 Å². The topological polar surface area (TPSA) is 117 Å². The minimum atomic E-state index is -5.08. The van der Waals surface area contributed by atoms with Crippen LogP contribution in [-0.4, -0.2) is 47.0 Å². The van der Waals surface area contributed by atoms with Gasteiger partial charge < -0.3 is 5.11 Å². The molecule has 0 saturated carbocycles. The van der Waals surface area contributed by atoms with E-state index < -0.39 is 23.1 Å². The third-order valence-electron chi connectivity index (χ3n) is 3.92. The van der Waals surface area contributed by atoms with E-state index in [0.717, 1.165) is 30.0 Å². The third-order valence-corrected chi connectivity index (χ3v) is 4.98. The Morgan fingerprint density at radius 2 is 2.03 bits per heavy atom. The normalized spacial score (nSPS) is 18.5. The molecule has 1 atom stereocenters. The molecule has 2 aromatic heterocycles. The lowest BCUT2D eigenvalue weighted by atomic mass is 10.3. The van der Waals surface area contributed by atoms with Gasteiger partial charge in [0.2, 0.25) is 0 Å². The Balaban J connectivity index is 0.000000298. The molecular weight excluding hydrogens is 415 g/mol. The van der Waals surface area contributed by atoms with E-state index in [1.165, 1.54) is 6.08 Å². The van der Waals surface area contributed by atoms with Gasteiger partial charge in [-0.2, -0.15) is 18.3 Å². The predicted molar refractivity (Wildman–Crippen MR) is 93.7 cm³/mol. The first kappa shape index (κ1) is 20.7. The molecule has 1 unspecified atom stereocenters. The van der Waals surface area contributed by atoms with E-state index in [9.17, 15) is 22.2 Å². The number of nitrogens with zero attached hydrogens (tertiary/aromatic N) is 4. The molecule has 2 aliphatic rings. The number of aromatic nitrogens is 3. The Kier molecular flexibility index (Phi) is 5.79. The predicted octanol–water partition coefficient (Wildman–Crippen LogP) is 1.02. The lowest BCUT2D eigenvalue weighted by Crippen LogP contribution is -2.21. The zero-order valence-electron chi connectivity index (χ0n) is 14.6.